The van der Waals surface area contributed by atoms with Gasteiger partial charge in [-0.2, -0.15) is 0 Å². The van der Waals surface area contributed by atoms with E-state index in [1.807, 2.05) is 0 Å². The van der Waals surface area contributed by atoms with Gasteiger partial charge in [0, 0.05) is 5.69 Å². The summed E-state index contributed by atoms with van der Waals surface area (Å²) < 4.78 is 4.73. The summed E-state index contributed by atoms with van der Waals surface area (Å²) >= 11 is 0. The fraction of sp³-hybridized carbons (Fsp3) is 0.167. The van der Waals surface area contributed by atoms with Crippen LogP contribution in [-0.2, 0) is 4.74 Å². The Hall–Kier alpha value is -2.30. The van der Waals surface area contributed by atoms with E-state index >= 15 is 0 Å². The zero-order valence-corrected chi connectivity index (χ0v) is 9.40. The Labute approximate surface area is 98.7 Å². The third-order valence-electron chi connectivity index (χ3n) is 2.13. The first-order valence-corrected chi connectivity index (χ1v) is 4.94. The van der Waals surface area contributed by atoms with Gasteiger partial charge in [-0.05, 0) is 24.6 Å². The molecule has 0 unspecified atom stereocenters. The molecule has 0 spiro atoms. The van der Waals surface area contributed by atoms with E-state index in [0.717, 1.165) is 0 Å². The minimum Gasteiger partial charge on any atom is -0.478 e. The molecule has 90 valence electrons. The lowest BCUT2D eigenvalue weighted by Gasteiger charge is -2.09. The van der Waals surface area contributed by atoms with Gasteiger partial charge in [-0.3, -0.25) is 5.32 Å². The van der Waals surface area contributed by atoms with Crippen molar-refractivity contribution in [3.05, 3.63) is 42.0 Å². The van der Waals surface area contributed by atoms with E-state index in [4.69, 9.17) is 9.84 Å². The molecule has 0 saturated heterocycles. The second kappa shape index (κ2) is 5.69. The van der Waals surface area contributed by atoms with Gasteiger partial charge >= 0.3 is 12.1 Å². The molecular formula is C12H13NO4. The van der Waals surface area contributed by atoms with Crippen molar-refractivity contribution in [2.45, 2.75) is 6.92 Å². The molecule has 17 heavy (non-hydrogen) atoms. The number of anilines is 1. The van der Waals surface area contributed by atoms with E-state index in [0.29, 0.717) is 11.3 Å². The van der Waals surface area contributed by atoms with Crippen LogP contribution in [0.5, 0.6) is 0 Å². The van der Waals surface area contributed by atoms with Crippen LogP contribution in [0.4, 0.5) is 10.5 Å². The largest absolute Gasteiger partial charge is 0.478 e. The number of carbonyl (C=O) groups is 2. The van der Waals surface area contributed by atoms with Crippen LogP contribution >= 0.6 is 0 Å². The smallest absolute Gasteiger partial charge is 0.411 e. The van der Waals surface area contributed by atoms with E-state index in [2.05, 4.69) is 11.9 Å². The molecule has 0 aliphatic heterocycles. The Morgan fingerprint density at radius 3 is 2.82 bits per heavy atom. The van der Waals surface area contributed by atoms with E-state index in [1.165, 1.54) is 12.1 Å². The lowest BCUT2D eigenvalue weighted by Crippen LogP contribution is -2.15. The van der Waals surface area contributed by atoms with Gasteiger partial charge in [0.05, 0.1) is 5.56 Å². The molecule has 0 aliphatic rings. The predicted octanol–water partition coefficient (Wildman–Crippen LogP) is 2.43. The van der Waals surface area contributed by atoms with Crippen molar-refractivity contribution < 1.29 is 19.4 Å². The number of benzene rings is 1. The highest BCUT2D eigenvalue weighted by molar-refractivity contribution is 5.94. The number of hydrogen-bond acceptors (Lipinski definition) is 3. The van der Waals surface area contributed by atoms with Crippen LogP contribution in [-0.4, -0.2) is 23.8 Å². The Bertz CT molecular complexity index is 454. The van der Waals surface area contributed by atoms with Gasteiger partial charge in [0.15, 0.2) is 0 Å². The van der Waals surface area contributed by atoms with Gasteiger partial charge in [-0.1, -0.05) is 18.7 Å². The number of hydrogen-bond donors (Lipinski definition) is 2. The highest BCUT2D eigenvalue weighted by Crippen LogP contribution is 2.19. The number of nitrogens with one attached hydrogen (secondary N) is 1. The van der Waals surface area contributed by atoms with Crippen LogP contribution in [0.1, 0.15) is 15.9 Å². The number of rotatable bonds is 4. The number of amides is 1. The molecule has 0 radical (unpaired) electrons. The fourth-order valence-electron chi connectivity index (χ4n) is 1.28. The summed E-state index contributed by atoms with van der Waals surface area (Å²) in [5, 5.41) is 11.4. The second-order valence-electron chi connectivity index (χ2n) is 3.30. The SMILES string of the molecule is C=CCOC(=O)Nc1cccc(C(=O)O)c1C. The maximum Gasteiger partial charge on any atom is 0.411 e. The van der Waals surface area contributed by atoms with Crippen LogP contribution in [0.25, 0.3) is 0 Å². The quantitative estimate of drug-likeness (QED) is 0.786. The molecule has 1 rings (SSSR count). The van der Waals surface area contributed by atoms with Crippen molar-refractivity contribution in [1.29, 1.82) is 0 Å². The third-order valence-corrected chi connectivity index (χ3v) is 2.13. The van der Waals surface area contributed by atoms with Crippen molar-refractivity contribution in [3.8, 4) is 0 Å². The van der Waals surface area contributed by atoms with Gasteiger partial charge in [0.2, 0.25) is 0 Å². The van der Waals surface area contributed by atoms with Crippen LogP contribution in [0.15, 0.2) is 30.9 Å². The number of carbonyl (C=O) groups excluding carboxylic acids is 1. The average molecular weight is 235 g/mol. The Kier molecular flexibility index (Phi) is 4.28. The molecule has 1 amide bonds. The van der Waals surface area contributed by atoms with Crippen LogP contribution < -0.4 is 5.32 Å². The molecule has 0 heterocycles. The summed E-state index contributed by atoms with van der Waals surface area (Å²) in [5.41, 5.74) is 1.04. The molecule has 0 aromatic heterocycles. The van der Waals surface area contributed by atoms with Crippen LogP contribution in [0.2, 0.25) is 0 Å². The summed E-state index contributed by atoms with van der Waals surface area (Å²) in [6, 6.07) is 4.63. The molecule has 0 bridgehead atoms. The highest BCUT2D eigenvalue weighted by Gasteiger charge is 2.11. The van der Waals surface area contributed by atoms with Crippen LogP contribution in [0, 0.1) is 6.92 Å². The van der Waals surface area contributed by atoms with Crippen molar-refractivity contribution in [1.82, 2.24) is 0 Å². The van der Waals surface area contributed by atoms with E-state index in [9.17, 15) is 9.59 Å². The molecule has 0 aliphatic carbocycles. The molecule has 1 aromatic rings. The van der Waals surface area contributed by atoms with Crippen molar-refractivity contribution >= 4 is 17.7 Å². The maximum absolute atomic E-state index is 11.3. The molecule has 0 saturated carbocycles. The summed E-state index contributed by atoms with van der Waals surface area (Å²) in [6.45, 7) is 5.13. The fourth-order valence-corrected chi connectivity index (χ4v) is 1.28. The monoisotopic (exact) mass is 235 g/mol. The minimum absolute atomic E-state index is 0.101. The Balaban J connectivity index is 2.85. The number of aromatic carboxylic acids is 1. The molecule has 1 aromatic carbocycles. The van der Waals surface area contributed by atoms with Crippen molar-refractivity contribution in [2.75, 3.05) is 11.9 Å². The van der Waals surface area contributed by atoms with Crippen molar-refractivity contribution in [3.63, 3.8) is 0 Å². The van der Waals surface area contributed by atoms with Gasteiger partial charge in [-0.15, -0.1) is 0 Å². The summed E-state index contributed by atoms with van der Waals surface area (Å²) in [4.78, 5) is 22.2. The Morgan fingerprint density at radius 2 is 2.24 bits per heavy atom. The third kappa shape index (κ3) is 3.34. The topological polar surface area (TPSA) is 75.6 Å². The summed E-state index contributed by atoms with van der Waals surface area (Å²) in [7, 11) is 0. The summed E-state index contributed by atoms with van der Waals surface area (Å²) in [5.74, 6) is -1.04. The predicted molar refractivity (Wildman–Crippen MR) is 63.3 cm³/mol. The minimum atomic E-state index is -1.04. The normalized spacial score (nSPS) is 9.47. The van der Waals surface area contributed by atoms with Gasteiger partial charge < -0.3 is 9.84 Å². The first-order valence-electron chi connectivity index (χ1n) is 4.94. The van der Waals surface area contributed by atoms with Crippen LogP contribution in [0.3, 0.4) is 0 Å². The maximum atomic E-state index is 11.3. The van der Waals surface area contributed by atoms with E-state index in [-0.39, 0.29) is 12.2 Å². The first-order chi connectivity index (χ1) is 8.06. The van der Waals surface area contributed by atoms with E-state index < -0.39 is 12.1 Å². The molecule has 5 nitrogen and oxygen atoms in total. The average Bonchev–Trinajstić information content (AvgIpc) is 2.28. The zero-order chi connectivity index (χ0) is 12.8. The first kappa shape index (κ1) is 12.8. The molecule has 0 fully saturated rings. The van der Waals surface area contributed by atoms with Gasteiger partial charge in [0.1, 0.15) is 6.61 Å². The Morgan fingerprint density at radius 1 is 1.53 bits per heavy atom. The van der Waals surface area contributed by atoms with Gasteiger partial charge in [-0.25, -0.2) is 9.59 Å². The second-order valence-corrected chi connectivity index (χ2v) is 3.30. The van der Waals surface area contributed by atoms with Crippen molar-refractivity contribution in [2.24, 2.45) is 0 Å². The lowest BCUT2D eigenvalue weighted by atomic mass is 10.1. The standard InChI is InChI=1S/C12H13NO4/c1-3-7-17-12(16)13-10-6-4-5-9(8(10)2)11(14)15/h3-6H,1,7H2,2H3,(H,13,16)(H,14,15). The molecular weight excluding hydrogens is 222 g/mol. The molecule has 0 atom stereocenters. The van der Waals surface area contributed by atoms with Gasteiger partial charge in [0.25, 0.3) is 0 Å². The molecule has 5 heteroatoms. The van der Waals surface area contributed by atoms with E-state index in [1.54, 1.807) is 19.1 Å². The summed E-state index contributed by atoms with van der Waals surface area (Å²) in [6.07, 6.45) is 0.802. The number of ether oxygens (including phenoxy) is 1. The number of carboxylic acids is 1. The highest BCUT2D eigenvalue weighted by atomic mass is 16.5. The zero-order valence-electron chi connectivity index (χ0n) is 9.40. The number of carboxylic acid groups (broad SMARTS) is 1. The lowest BCUT2D eigenvalue weighted by molar-refractivity contribution is 0.0696. The molecule has 2 N–H and O–H groups in total.